The summed E-state index contributed by atoms with van der Waals surface area (Å²) in [6.07, 6.45) is 7.83. The molecule has 128 valence electrons. The van der Waals surface area contributed by atoms with Crippen molar-refractivity contribution in [3.63, 3.8) is 0 Å². The van der Waals surface area contributed by atoms with Crippen LogP contribution in [-0.4, -0.2) is 42.1 Å². The number of benzene rings is 1. The second kappa shape index (κ2) is 6.55. The van der Waals surface area contributed by atoms with Crippen LogP contribution in [0.4, 0.5) is 0 Å². The number of likely N-dealkylation sites (tertiary alicyclic amines) is 1. The number of oxazole rings is 1. The summed E-state index contributed by atoms with van der Waals surface area (Å²) >= 11 is 0. The molecule has 1 saturated carbocycles. The lowest BCUT2D eigenvalue weighted by molar-refractivity contribution is 0.0601. The van der Waals surface area contributed by atoms with Crippen molar-refractivity contribution in [3.8, 4) is 0 Å². The first-order valence-electron chi connectivity index (χ1n) is 8.98. The quantitative estimate of drug-likeness (QED) is 0.804. The third-order valence-corrected chi connectivity index (χ3v) is 5.50. The second-order valence-corrected chi connectivity index (χ2v) is 6.97. The fourth-order valence-corrected chi connectivity index (χ4v) is 4.18. The smallest absolute Gasteiger partial charge is 0.341 e. The zero-order valence-corrected chi connectivity index (χ0v) is 14.2. The number of carbonyl (C=O) groups excluding carboxylic acids is 1. The first-order chi connectivity index (χ1) is 11.8. The number of nitrogens with zero attached hydrogens (tertiary/aromatic N) is 2. The maximum atomic E-state index is 11.9. The van der Waals surface area contributed by atoms with Gasteiger partial charge in [-0.2, -0.15) is 0 Å². The van der Waals surface area contributed by atoms with Gasteiger partial charge in [0.2, 0.25) is 0 Å². The molecule has 2 fully saturated rings. The molecular weight excluding hydrogens is 304 g/mol. The van der Waals surface area contributed by atoms with Crippen LogP contribution in [0.2, 0.25) is 0 Å². The summed E-state index contributed by atoms with van der Waals surface area (Å²) < 4.78 is 10.8. The Balaban J connectivity index is 1.55. The van der Waals surface area contributed by atoms with Crippen molar-refractivity contribution in [2.24, 2.45) is 0 Å². The monoisotopic (exact) mass is 328 g/mol. The SMILES string of the molecule is COC(=O)c1cccc2nc([C@H]3CCN(C4CCCCC4)C3)oc12. The van der Waals surface area contributed by atoms with Crippen LogP contribution in [0.15, 0.2) is 22.6 Å². The first-order valence-corrected chi connectivity index (χ1v) is 8.98. The zero-order valence-electron chi connectivity index (χ0n) is 14.2. The van der Waals surface area contributed by atoms with Gasteiger partial charge in [-0.3, -0.25) is 4.90 Å². The van der Waals surface area contributed by atoms with Gasteiger partial charge in [-0.05, 0) is 37.9 Å². The molecule has 2 aliphatic rings. The lowest BCUT2D eigenvalue weighted by atomic mass is 9.94. The van der Waals surface area contributed by atoms with Crippen LogP contribution in [0, 0.1) is 0 Å². The Kier molecular flexibility index (Phi) is 4.27. The van der Waals surface area contributed by atoms with Gasteiger partial charge >= 0.3 is 5.97 Å². The number of hydrogen-bond acceptors (Lipinski definition) is 5. The number of carbonyl (C=O) groups is 1. The van der Waals surface area contributed by atoms with Gasteiger partial charge in [0.25, 0.3) is 0 Å². The number of hydrogen-bond donors (Lipinski definition) is 0. The maximum Gasteiger partial charge on any atom is 0.341 e. The molecule has 1 aliphatic carbocycles. The summed E-state index contributed by atoms with van der Waals surface area (Å²) in [4.78, 5) is 19.2. The lowest BCUT2D eigenvalue weighted by Crippen LogP contribution is -2.34. The molecule has 0 spiro atoms. The molecule has 1 aromatic carbocycles. The van der Waals surface area contributed by atoms with Crippen LogP contribution in [0.3, 0.4) is 0 Å². The minimum Gasteiger partial charge on any atom is -0.465 e. The van der Waals surface area contributed by atoms with Crippen LogP contribution in [-0.2, 0) is 4.74 Å². The Hall–Kier alpha value is -1.88. The summed E-state index contributed by atoms with van der Waals surface area (Å²) in [5, 5.41) is 0. The summed E-state index contributed by atoms with van der Waals surface area (Å²) in [6, 6.07) is 6.18. The van der Waals surface area contributed by atoms with E-state index in [-0.39, 0.29) is 5.97 Å². The Bertz CT molecular complexity index is 733. The Morgan fingerprint density at radius 3 is 2.88 bits per heavy atom. The lowest BCUT2D eigenvalue weighted by Gasteiger charge is -2.30. The van der Waals surface area contributed by atoms with E-state index in [1.807, 2.05) is 12.1 Å². The van der Waals surface area contributed by atoms with Crippen molar-refractivity contribution in [2.75, 3.05) is 20.2 Å². The molecule has 5 nitrogen and oxygen atoms in total. The number of methoxy groups -OCH3 is 1. The molecule has 2 aromatic rings. The van der Waals surface area contributed by atoms with Crippen molar-refractivity contribution in [3.05, 3.63) is 29.7 Å². The maximum absolute atomic E-state index is 11.9. The van der Waals surface area contributed by atoms with Crippen molar-refractivity contribution in [1.82, 2.24) is 9.88 Å². The van der Waals surface area contributed by atoms with Gasteiger partial charge in [0.1, 0.15) is 11.1 Å². The highest BCUT2D eigenvalue weighted by molar-refractivity contribution is 6.00. The molecule has 0 bridgehead atoms. The van der Waals surface area contributed by atoms with E-state index in [1.54, 1.807) is 6.07 Å². The predicted octanol–water partition coefficient (Wildman–Crippen LogP) is 3.74. The summed E-state index contributed by atoms with van der Waals surface area (Å²) in [5.74, 6) is 0.711. The highest BCUT2D eigenvalue weighted by atomic mass is 16.5. The fourth-order valence-electron chi connectivity index (χ4n) is 4.18. The first kappa shape index (κ1) is 15.6. The van der Waals surface area contributed by atoms with Gasteiger partial charge in [-0.15, -0.1) is 0 Å². The van der Waals surface area contributed by atoms with Crippen LogP contribution in [0.25, 0.3) is 11.1 Å². The molecule has 1 atom stereocenters. The van der Waals surface area contributed by atoms with Gasteiger partial charge in [-0.25, -0.2) is 9.78 Å². The summed E-state index contributed by atoms with van der Waals surface area (Å²) in [7, 11) is 1.39. The van der Waals surface area contributed by atoms with E-state index in [1.165, 1.54) is 39.2 Å². The van der Waals surface area contributed by atoms with E-state index < -0.39 is 0 Å². The normalized spacial score (nSPS) is 23.0. The Morgan fingerprint density at radius 2 is 2.08 bits per heavy atom. The Labute approximate surface area is 142 Å². The second-order valence-electron chi connectivity index (χ2n) is 6.97. The molecule has 1 aliphatic heterocycles. The van der Waals surface area contributed by atoms with Gasteiger partial charge < -0.3 is 9.15 Å². The number of fused-ring (bicyclic) bond motifs is 1. The van der Waals surface area contributed by atoms with Crippen molar-refractivity contribution in [2.45, 2.75) is 50.5 Å². The molecule has 1 aromatic heterocycles. The molecule has 0 amide bonds. The van der Waals surface area contributed by atoms with Gasteiger partial charge in [0, 0.05) is 18.5 Å². The number of esters is 1. The molecule has 0 radical (unpaired) electrons. The van der Waals surface area contributed by atoms with Gasteiger partial charge in [-0.1, -0.05) is 25.3 Å². The molecule has 0 unspecified atom stereocenters. The Morgan fingerprint density at radius 1 is 1.25 bits per heavy atom. The standard InChI is InChI=1S/C19H24N2O3/c1-23-19(22)15-8-5-9-16-17(15)24-18(20-16)13-10-11-21(12-13)14-6-3-2-4-7-14/h5,8-9,13-14H,2-4,6-7,10-12H2,1H3/t13-/m0/s1. The van der Waals surface area contributed by atoms with Crippen LogP contribution in [0.1, 0.15) is 60.7 Å². The summed E-state index contributed by atoms with van der Waals surface area (Å²) in [5.41, 5.74) is 1.75. The average molecular weight is 328 g/mol. The van der Waals surface area contributed by atoms with E-state index in [0.29, 0.717) is 17.1 Å². The minimum atomic E-state index is -0.376. The molecule has 0 N–H and O–H groups in total. The number of para-hydroxylation sites is 1. The van der Waals surface area contributed by atoms with Gasteiger partial charge in [0.15, 0.2) is 11.5 Å². The van der Waals surface area contributed by atoms with E-state index in [2.05, 4.69) is 9.88 Å². The number of rotatable bonds is 3. The number of ether oxygens (including phenoxy) is 1. The molecule has 5 heteroatoms. The van der Waals surface area contributed by atoms with E-state index in [4.69, 9.17) is 9.15 Å². The van der Waals surface area contributed by atoms with Crippen LogP contribution in [0.5, 0.6) is 0 Å². The highest BCUT2D eigenvalue weighted by Crippen LogP contribution is 2.34. The van der Waals surface area contributed by atoms with E-state index in [0.717, 1.165) is 37.0 Å². The third-order valence-electron chi connectivity index (χ3n) is 5.50. The topological polar surface area (TPSA) is 55.6 Å². The molecule has 2 heterocycles. The molecule has 24 heavy (non-hydrogen) atoms. The highest BCUT2D eigenvalue weighted by Gasteiger charge is 2.32. The molecule has 1 saturated heterocycles. The molecule has 4 rings (SSSR count). The minimum absolute atomic E-state index is 0.324. The zero-order chi connectivity index (χ0) is 16.5. The van der Waals surface area contributed by atoms with Crippen molar-refractivity contribution < 1.29 is 13.9 Å². The predicted molar refractivity (Wildman–Crippen MR) is 91.2 cm³/mol. The van der Waals surface area contributed by atoms with Crippen molar-refractivity contribution >= 4 is 17.1 Å². The van der Waals surface area contributed by atoms with E-state index >= 15 is 0 Å². The average Bonchev–Trinajstić information content (AvgIpc) is 3.28. The third kappa shape index (κ3) is 2.81. The number of aromatic nitrogens is 1. The summed E-state index contributed by atoms with van der Waals surface area (Å²) in [6.45, 7) is 2.14. The van der Waals surface area contributed by atoms with Crippen molar-refractivity contribution in [1.29, 1.82) is 0 Å². The fraction of sp³-hybridized carbons (Fsp3) is 0.579. The van der Waals surface area contributed by atoms with Gasteiger partial charge in [0.05, 0.1) is 7.11 Å². The van der Waals surface area contributed by atoms with Crippen LogP contribution < -0.4 is 0 Å². The van der Waals surface area contributed by atoms with Crippen LogP contribution >= 0.6 is 0 Å². The van der Waals surface area contributed by atoms with E-state index in [9.17, 15) is 4.79 Å². The largest absolute Gasteiger partial charge is 0.465 e. The molecular formula is C19H24N2O3.